The Kier molecular flexibility index (Phi) is 53.6. The minimum Gasteiger partial charge on any atom is -0.801 e. The monoisotopic (exact) mass is 570 g/mol. The van der Waals surface area contributed by atoms with Crippen LogP contribution in [0.2, 0.25) is 0 Å². The van der Waals surface area contributed by atoms with Gasteiger partial charge in [0.05, 0.1) is 0 Å². The molecule has 0 bridgehead atoms. The van der Waals surface area contributed by atoms with Crippen molar-refractivity contribution in [3.05, 3.63) is 0 Å². The van der Waals surface area contributed by atoms with Crippen LogP contribution < -0.4 is 154 Å². The van der Waals surface area contributed by atoms with Crippen LogP contribution in [0.1, 0.15) is 0 Å². The first-order chi connectivity index (χ1) is 4.00. The van der Waals surface area contributed by atoms with Crippen molar-refractivity contribution in [1.82, 2.24) is 0 Å². The largest absolute Gasteiger partial charge is 1.00 e. The fourth-order valence-electron chi connectivity index (χ4n) is 0. The van der Waals surface area contributed by atoms with E-state index in [0.717, 1.165) is 0 Å². The molecular formula is AuK3O4S6. The summed E-state index contributed by atoms with van der Waals surface area (Å²) >= 11 is 14.5. The van der Waals surface area contributed by atoms with E-state index >= 15 is 0 Å². The van der Waals surface area contributed by atoms with Gasteiger partial charge in [-0.05, 0) is 0 Å². The molecule has 0 heterocycles. The second-order valence-corrected chi connectivity index (χ2v) is 8.98. The molecule has 14 heavy (non-hydrogen) atoms. The molecule has 0 amide bonds. The third kappa shape index (κ3) is 125. The molecule has 0 saturated carbocycles. The molecule has 0 aliphatic carbocycles. The predicted octanol–water partition coefficient (Wildman–Crippen LogP) is -10.3. The molecule has 0 N–H and O–H groups in total. The third-order valence-corrected chi connectivity index (χ3v) is 0. The van der Waals surface area contributed by atoms with Gasteiger partial charge in [0.1, 0.15) is 0 Å². The van der Waals surface area contributed by atoms with Crippen molar-refractivity contribution >= 4 is 60.2 Å². The SMILES string of the molecule is [Au+].[K+].[K+].[K+].[O-]S([O-])(=S)=S.[O-]S([O-])(=S)=S. The average Bonchev–Trinajstić information content (AvgIpc) is 1.12. The van der Waals surface area contributed by atoms with Crippen LogP contribution in [0, 0.1) is 0 Å². The molecule has 0 spiro atoms. The van der Waals surface area contributed by atoms with Crippen LogP contribution in [0.3, 0.4) is 0 Å². The number of hydrogen-bond acceptors (Lipinski definition) is 8. The summed E-state index contributed by atoms with van der Waals surface area (Å²) in [5.74, 6) is 0. The van der Waals surface area contributed by atoms with Gasteiger partial charge in [0, 0.05) is 0 Å². The maximum Gasteiger partial charge on any atom is 1.00 e. The van der Waals surface area contributed by atoms with Gasteiger partial charge in [0.25, 0.3) is 0 Å². The summed E-state index contributed by atoms with van der Waals surface area (Å²) in [4.78, 5) is 0. The Bertz CT molecular complexity index is 221. The summed E-state index contributed by atoms with van der Waals surface area (Å²) < 4.78 is 37.0. The Hall–Kier alpha value is 7.07. The van der Waals surface area contributed by atoms with E-state index in [1.54, 1.807) is 0 Å². The van der Waals surface area contributed by atoms with Crippen molar-refractivity contribution in [2.75, 3.05) is 0 Å². The van der Waals surface area contributed by atoms with Crippen LogP contribution in [0.4, 0.5) is 0 Å². The van der Waals surface area contributed by atoms with E-state index in [9.17, 15) is 18.2 Å². The first-order valence-corrected chi connectivity index (χ1v) is 8.00. The van der Waals surface area contributed by atoms with E-state index in [1.807, 2.05) is 0 Å². The van der Waals surface area contributed by atoms with E-state index in [2.05, 4.69) is 44.8 Å². The van der Waals surface area contributed by atoms with E-state index in [-0.39, 0.29) is 177 Å². The number of hydrogen-bond donors (Lipinski definition) is 0. The predicted molar refractivity (Wildman–Crippen MR) is 47.3 cm³/mol. The zero-order valence-corrected chi connectivity index (χ0v) is 23.8. The standard InChI is InChI=1S/Au.3K.2H2O2S3/c;;;;2*1-5(2,3)4/h;;;;2*(H2,1,2,3,4)/q4*+1;;/p-4. The minimum atomic E-state index is -3.50. The Morgan fingerprint density at radius 1 is 0.571 bits per heavy atom. The molecule has 0 aromatic carbocycles. The zero-order valence-electron chi connectivity index (χ0n) is 7.38. The second-order valence-electron chi connectivity index (χ2n) is 0.816. The van der Waals surface area contributed by atoms with Gasteiger partial charge in [-0.3, -0.25) is 0 Å². The van der Waals surface area contributed by atoms with Crippen molar-refractivity contribution in [1.29, 1.82) is 0 Å². The van der Waals surface area contributed by atoms with Gasteiger partial charge in [-0.25, -0.2) is 15.4 Å². The van der Waals surface area contributed by atoms with Crippen LogP contribution in [-0.4, -0.2) is 18.2 Å². The third-order valence-electron chi connectivity index (χ3n) is 0. The fraction of sp³-hybridized carbons (Fsp3) is 0. The minimum absolute atomic E-state index is 0. The van der Waals surface area contributed by atoms with Gasteiger partial charge < -0.3 is 18.2 Å². The van der Waals surface area contributed by atoms with Crippen molar-refractivity contribution in [3.8, 4) is 0 Å². The van der Waals surface area contributed by atoms with Gasteiger partial charge in [0.15, 0.2) is 0 Å². The summed E-state index contributed by atoms with van der Waals surface area (Å²) in [6.45, 7) is 0. The first-order valence-electron chi connectivity index (χ1n) is 1.33. The van der Waals surface area contributed by atoms with Crippen molar-refractivity contribution in [2.24, 2.45) is 0 Å². The zero-order chi connectivity index (χ0) is 9.00. The van der Waals surface area contributed by atoms with E-state index in [0.29, 0.717) is 0 Å². The average molecular weight is 571 g/mol. The van der Waals surface area contributed by atoms with Crippen LogP contribution >= 0.6 is 0 Å². The van der Waals surface area contributed by atoms with Gasteiger partial charge in [0.2, 0.25) is 0 Å². The van der Waals surface area contributed by atoms with E-state index in [1.165, 1.54) is 0 Å². The van der Waals surface area contributed by atoms with Crippen LogP contribution in [-0.2, 0) is 82.5 Å². The van der Waals surface area contributed by atoms with Gasteiger partial charge >= 0.3 is 177 Å². The van der Waals surface area contributed by atoms with Gasteiger partial charge in [-0.15, -0.1) is 0 Å². The molecular weight excluding hydrogens is 571 g/mol. The summed E-state index contributed by atoms with van der Waals surface area (Å²) in [7, 11) is -7.00. The molecule has 0 aliphatic heterocycles. The molecule has 0 rings (SSSR count). The Labute approximate surface area is 246 Å². The normalized spacial score (nSPS) is 8.29. The molecule has 0 aromatic rings. The van der Waals surface area contributed by atoms with E-state index < -0.39 is 15.4 Å². The topological polar surface area (TPSA) is 92.2 Å². The summed E-state index contributed by atoms with van der Waals surface area (Å²) in [5.41, 5.74) is 0. The van der Waals surface area contributed by atoms with Crippen molar-refractivity contribution < 1.29 is 195 Å². The Balaban J connectivity index is -0.0000000178. The fourth-order valence-corrected chi connectivity index (χ4v) is 0. The molecule has 14 heteroatoms. The van der Waals surface area contributed by atoms with E-state index in [4.69, 9.17) is 0 Å². The first kappa shape index (κ1) is 37.4. The Morgan fingerprint density at radius 3 is 0.571 bits per heavy atom. The molecule has 4 nitrogen and oxygen atoms in total. The molecule has 0 aliphatic rings. The quantitative estimate of drug-likeness (QED) is 0.266. The second kappa shape index (κ2) is 20.1. The molecule has 0 radical (unpaired) electrons. The molecule has 0 unspecified atom stereocenters. The summed E-state index contributed by atoms with van der Waals surface area (Å²) in [6, 6.07) is 0. The number of rotatable bonds is 0. The Morgan fingerprint density at radius 2 is 0.571 bits per heavy atom. The van der Waals surface area contributed by atoms with Gasteiger partial charge in [-0.1, -0.05) is 44.8 Å². The molecule has 0 saturated heterocycles. The van der Waals surface area contributed by atoms with Crippen molar-refractivity contribution in [2.45, 2.75) is 0 Å². The molecule has 0 fully saturated rings. The van der Waals surface area contributed by atoms with Gasteiger partial charge in [-0.2, -0.15) is 0 Å². The van der Waals surface area contributed by atoms with Crippen LogP contribution in [0.25, 0.3) is 0 Å². The molecule has 0 atom stereocenters. The summed E-state index contributed by atoms with van der Waals surface area (Å²) in [6.07, 6.45) is 0. The summed E-state index contributed by atoms with van der Waals surface area (Å²) in [5, 5.41) is 0. The van der Waals surface area contributed by atoms with Crippen molar-refractivity contribution in [3.63, 3.8) is 0 Å². The maximum absolute atomic E-state index is 9.26. The van der Waals surface area contributed by atoms with Crippen LogP contribution in [0.15, 0.2) is 0 Å². The smallest absolute Gasteiger partial charge is 0.801 e. The maximum atomic E-state index is 9.26. The van der Waals surface area contributed by atoms with Crippen LogP contribution in [0.5, 0.6) is 0 Å². The molecule has 0 aromatic heterocycles. The molecule has 74 valence electrons.